The SMILES string of the molecule is CO[C@H]1O[C@H](CO)[C@@H](O)[C@H](O[C@@H]2O[C@@H]([C@H](O)CO)[C@H](O[C@@H]3O[C@H](CO)[C@H](O)[C@H](O)[C@H]3O)[C@H]2O)[C@H]1OCc1ccccc1. The quantitative estimate of drug-likeness (QED) is 0.108. The number of rotatable bonds is 12. The smallest absolute Gasteiger partial charge is 0.187 e. The molecule has 3 saturated heterocycles. The second-order valence-electron chi connectivity index (χ2n) is 10.3. The number of methoxy groups -OCH3 is 1. The van der Waals surface area contributed by atoms with E-state index < -0.39 is 112 Å². The first kappa shape index (κ1) is 33.5. The molecule has 0 bridgehead atoms. The number of aliphatic hydroxyl groups is 9. The van der Waals surface area contributed by atoms with Gasteiger partial charge in [0.15, 0.2) is 18.9 Å². The highest BCUT2D eigenvalue weighted by atomic mass is 16.8. The molecule has 0 saturated carbocycles. The molecule has 9 N–H and O–H groups in total. The molecular formula is C26H40O16. The molecule has 3 aliphatic rings. The van der Waals surface area contributed by atoms with Gasteiger partial charge in [-0.05, 0) is 5.56 Å². The molecule has 1 aromatic carbocycles. The van der Waals surface area contributed by atoms with Crippen LogP contribution in [0.15, 0.2) is 30.3 Å². The molecule has 0 aliphatic carbocycles. The van der Waals surface area contributed by atoms with Crippen molar-refractivity contribution in [3.63, 3.8) is 0 Å². The van der Waals surface area contributed by atoms with Gasteiger partial charge in [-0.1, -0.05) is 30.3 Å². The molecular weight excluding hydrogens is 568 g/mol. The molecule has 3 heterocycles. The minimum Gasteiger partial charge on any atom is -0.394 e. The molecule has 4 rings (SSSR count). The fourth-order valence-electron chi connectivity index (χ4n) is 5.17. The van der Waals surface area contributed by atoms with E-state index >= 15 is 0 Å². The van der Waals surface area contributed by atoms with Gasteiger partial charge in [0.2, 0.25) is 0 Å². The van der Waals surface area contributed by atoms with Crippen LogP contribution < -0.4 is 0 Å². The molecule has 0 aromatic heterocycles. The molecule has 0 spiro atoms. The molecule has 3 aliphatic heterocycles. The average molecular weight is 609 g/mol. The van der Waals surface area contributed by atoms with Crippen molar-refractivity contribution in [3.8, 4) is 0 Å². The minimum atomic E-state index is -1.83. The molecule has 15 atom stereocenters. The summed E-state index contributed by atoms with van der Waals surface area (Å²) in [6.07, 6.45) is -22.6. The van der Waals surface area contributed by atoms with E-state index in [9.17, 15) is 46.0 Å². The van der Waals surface area contributed by atoms with Crippen molar-refractivity contribution < 1.29 is 79.1 Å². The molecule has 240 valence electrons. The second kappa shape index (κ2) is 15.0. The lowest BCUT2D eigenvalue weighted by Crippen LogP contribution is -2.62. The normalized spacial score (nSPS) is 43.4. The van der Waals surface area contributed by atoms with Crippen LogP contribution in [-0.4, -0.2) is 165 Å². The van der Waals surface area contributed by atoms with Crippen molar-refractivity contribution in [2.75, 3.05) is 26.9 Å². The molecule has 1 aromatic rings. The zero-order valence-electron chi connectivity index (χ0n) is 22.8. The Bertz CT molecular complexity index is 940. The van der Waals surface area contributed by atoms with Crippen LogP contribution in [0.1, 0.15) is 5.56 Å². The van der Waals surface area contributed by atoms with Gasteiger partial charge in [-0.3, -0.25) is 0 Å². The van der Waals surface area contributed by atoms with Gasteiger partial charge >= 0.3 is 0 Å². The maximum atomic E-state index is 11.2. The van der Waals surface area contributed by atoms with Crippen LogP contribution in [0.25, 0.3) is 0 Å². The van der Waals surface area contributed by atoms with Crippen LogP contribution in [0.3, 0.4) is 0 Å². The average Bonchev–Trinajstić information content (AvgIpc) is 3.31. The summed E-state index contributed by atoms with van der Waals surface area (Å²) in [5.41, 5.74) is 0.779. The Morgan fingerprint density at radius 1 is 0.690 bits per heavy atom. The van der Waals surface area contributed by atoms with Gasteiger partial charge in [0.05, 0.1) is 26.4 Å². The molecule has 16 heteroatoms. The number of hydrogen-bond donors (Lipinski definition) is 9. The van der Waals surface area contributed by atoms with E-state index in [-0.39, 0.29) is 6.61 Å². The van der Waals surface area contributed by atoms with Crippen LogP contribution in [0, 0.1) is 0 Å². The topological polar surface area (TPSA) is 247 Å². The third kappa shape index (κ3) is 7.10. The van der Waals surface area contributed by atoms with Crippen LogP contribution in [0.5, 0.6) is 0 Å². The number of benzene rings is 1. The summed E-state index contributed by atoms with van der Waals surface area (Å²) in [6.45, 7) is -2.13. The zero-order valence-corrected chi connectivity index (χ0v) is 22.8. The molecule has 0 unspecified atom stereocenters. The monoisotopic (exact) mass is 608 g/mol. The summed E-state index contributed by atoms with van der Waals surface area (Å²) in [5, 5.41) is 92.1. The fourth-order valence-corrected chi connectivity index (χ4v) is 5.17. The fraction of sp³-hybridized carbons (Fsp3) is 0.769. The summed E-state index contributed by atoms with van der Waals surface area (Å²) in [5.74, 6) is 0. The van der Waals surface area contributed by atoms with E-state index in [1.54, 1.807) is 24.3 Å². The standard InChI is InChI=1S/C26H40O16/c1-36-26-23(37-10-11-5-3-2-4-6-11)21(16(32)14(9-29)39-26)41-25-19(35)22(20(40-25)12(30)7-27)42-24-18(34)17(33)15(31)13(8-28)38-24/h2-6,12-35H,7-10H2,1H3/t12-,13-,14-,15+,16-,17+,18-,19-,20+,21+,22-,23-,24+,25+,26+/m1/s1. The Morgan fingerprint density at radius 2 is 1.29 bits per heavy atom. The highest BCUT2D eigenvalue weighted by Crippen LogP contribution is 2.35. The maximum Gasteiger partial charge on any atom is 0.187 e. The second-order valence-corrected chi connectivity index (χ2v) is 10.3. The highest BCUT2D eigenvalue weighted by Gasteiger charge is 2.55. The van der Waals surface area contributed by atoms with Crippen LogP contribution in [0.4, 0.5) is 0 Å². The number of aliphatic hydroxyl groups excluding tert-OH is 9. The lowest BCUT2D eigenvalue weighted by Gasteiger charge is -2.44. The van der Waals surface area contributed by atoms with Crippen LogP contribution >= 0.6 is 0 Å². The van der Waals surface area contributed by atoms with E-state index in [1.807, 2.05) is 6.07 Å². The summed E-state index contributed by atoms with van der Waals surface area (Å²) in [6, 6.07) is 9.05. The molecule has 16 nitrogen and oxygen atoms in total. The third-order valence-corrected chi connectivity index (χ3v) is 7.54. The van der Waals surface area contributed by atoms with E-state index in [0.717, 1.165) is 5.56 Å². The van der Waals surface area contributed by atoms with Gasteiger partial charge in [-0.15, -0.1) is 0 Å². The summed E-state index contributed by atoms with van der Waals surface area (Å²) >= 11 is 0. The maximum absolute atomic E-state index is 11.2. The number of ether oxygens (including phenoxy) is 7. The minimum absolute atomic E-state index is 0.0495. The van der Waals surface area contributed by atoms with Gasteiger partial charge in [0.25, 0.3) is 0 Å². The first-order valence-corrected chi connectivity index (χ1v) is 13.5. The van der Waals surface area contributed by atoms with E-state index in [4.69, 9.17) is 33.2 Å². The molecule has 0 radical (unpaired) electrons. The first-order chi connectivity index (χ1) is 20.1. The lowest BCUT2D eigenvalue weighted by atomic mass is 9.98. The Balaban J connectivity index is 1.55. The third-order valence-electron chi connectivity index (χ3n) is 7.54. The summed E-state index contributed by atoms with van der Waals surface area (Å²) in [4.78, 5) is 0. The Labute approximate surface area is 241 Å². The van der Waals surface area contributed by atoms with E-state index in [1.165, 1.54) is 7.11 Å². The van der Waals surface area contributed by atoms with Gasteiger partial charge in [0.1, 0.15) is 73.2 Å². The predicted octanol–water partition coefficient (Wildman–Crippen LogP) is -4.69. The predicted molar refractivity (Wildman–Crippen MR) is 135 cm³/mol. The Kier molecular flexibility index (Phi) is 12.0. The van der Waals surface area contributed by atoms with Crippen LogP contribution in [-0.2, 0) is 39.8 Å². The van der Waals surface area contributed by atoms with Crippen molar-refractivity contribution >= 4 is 0 Å². The number of hydrogen-bond acceptors (Lipinski definition) is 16. The summed E-state index contributed by atoms with van der Waals surface area (Å²) in [7, 11) is 1.33. The van der Waals surface area contributed by atoms with Crippen molar-refractivity contribution in [1.82, 2.24) is 0 Å². The van der Waals surface area contributed by atoms with Crippen molar-refractivity contribution in [3.05, 3.63) is 35.9 Å². The lowest BCUT2D eigenvalue weighted by molar-refractivity contribution is -0.336. The van der Waals surface area contributed by atoms with Gasteiger partial charge in [-0.2, -0.15) is 0 Å². The van der Waals surface area contributed by atoms with Crippen molar-refractivity contribution in [1.29, 1.82) is 0 Å². The highest BCUT2D eigenvalue weighted by molar-refractivity contribution is 5.13. The van der Waals surface area contributed by atoms with Crippen molar-refractivity contribution in [2.24, 2.45) is 0 Å². The van der Waals surface area contributed by atoms with Gasteiger partial charge < -0.3 is 79.1 Å². The Morgan fingerprint density at radius 3 is 1.90 bits per heavy atom. The van der Waals surface area contributed by atoms with E-state index in [2.05, 4.69) is 0 Å². The zero-order chi connectivity index (χ0) is 30.6. The van der Waals surface area contributed by atoms with Gasteiger partial charge in [0, 0.05) is 7.11 Å². The molecule has 3 fully saturated rings. The van der Waals surface area contributed by atoms with Crippen molar-refractivity contribution in [2.45, 2.75) is 98.7 Å². The molecule has 0 amide bonds. The van der Waals surface area contributed by atoms with Gasteiger partial charge in [-0.25, -0.2) is 0 Å². The first-order valence-electron chi connectivity index (χ1n) is 13.5. The molecule has 42 heavy (non-hydrogen) atoms. The largest absolute Gasteiger partial charge is 0.394 e. The summed E-state index contributed by atoms with van der Waals surface area (Å²) < 4.78 is 39.7. The van der Waals surface area contributed by atoms with Crippen LogP contribution in [0.2, 0.25) is 0 Å². The van der Waals surface area contributed by atoms with E-state index in [0.29, 0.717) is 0 Å². The Hall–Kier alpha value is -1.42.